The second-order valence-electron chi connectivity index (χ2n) is 5.43. The van der Waals surface area contributed by atoms with E-state index in [-0.39, 0.29) is 52.1 Å². The molecule has 1 fully saturated rings. The Morgan fingerprint density at radius 2 is 2.21 bits per heavy atom. The van der Waals surface area contributed by atoms with Crippen molar-refractivity contribution in [2.24, 2.45) is 0 Å². The van der Waals surface area contributed by atoms with E-state index < -0.39 is 21.7 Å². The molecule has 1 amide bonds. The summed E-state index contributed by atoms with van der Waals surface area (Å²) in [4.78, 5) is 24.2. The number of hydrogen-bond donors (Lipinski definition) is 0. The summed E-state index contributed by atoms with van der Waals surface area (Å²) >= 11 is 1.22. The number of carboxylic acids is 1. The van der Waals surface area contributed by atoms with Crippen LogP contribution in [0.1, 0.15) is 11.4 Å². The molecule has 1 atom stereocenters. The van der Waals surface area contributed by atoms with Crippen molar-refractivity contribution in [1.82, 2.24) is 14.7 Å². The number of sulfone groups is 1. The predicted molar refractivity (Wildman–Crippen MR) is 79.0 cm³/mol. The fourth-order valence-electron chi connectivity index (χ4n) is 2.80. The summed E-state index contributed by atoms with van der Waals surface area (Å²) in [5.41, 5.74) is 1.42. The van der Waals surface area contributed by atoms with Gasteiger partial charge in [0.05, 0.1) is 46.7 Å². The molecule has 24 heavy (non-hydrogen) atoms. The normalized spacial score (nSPS) is 25.4. The Morgan fingerprint density at radius 3 is 2.92 bits per heavy atom. The second kappa shape index (κ2) is 6.03. The molecule has 0 spiro atoms. The third kappa shape index (κ3) is 2.76. The number of thioether (sulfide) groups is 1. The first-order valence-corrected chi connectivity index (χ1v) is 9.51. The van der Waals surface area contributed by atoms with Crippen LogP contribution in [-0.2, 0) is 31.7 Å². The van der Waals surface area contributed by atoms with Crippen LogP contribution in [0.25, 0.3) is 6.08 Å². The van der Waals surface area contributed by atoms with Crippen molar-refractivity contribution in [3.8, 4) is 0 Å². The number of carbonyl (C=O) groups is 2. The minimum Gasteiger partial charge on any atom is -0.543 e. The van der Waals surface area contributed by atoms with E-state index in [2.05, 4.69) is 5.10 Å². The molecule has 0 saturated carbocycles. The average molecular weight is 375 g/mol. The maximum absolute atomic E-state index is 12.1. The molecule has 4 rings (SSSR count). The minimum atomic E-state index is -3.09. The summed E-state index contributed by atoms with van der Waals surface area (Å²) in [5.74, 6) is -1.77. The van der Waals surface area contributed by atoms with Gasteiger partial charge in [0.15, 0.2) is 9.84 Å². The van der Waals surface area contributed by atoms with E-state index in [1.165, 1.54) is 22.1 Å². The van der Waals surface area contributed by atoms with Crippen LogP contribution in [0.5, 0.6) is 0 Å². The number of aryl methyl sites for hydroxylation is 1. The number of carboxylic acid groups (broad SMARTS) is 1. The Morgan fingerprint density at radius 1 is 1.46 bits per heavy atom. The fourth-order valence-corrected chi connectivity index (χ4v) is 5.19. The SMILES string of the molecule is O=C([O-])C1=CSC2/C(=C\c3cc4n(n3)CCS(=O)(=O)C4)C(=O)N12.[Na+]. The van der Waals surface area contributed by atoms with E-state index in [0.29, 0.717) is 23.5 Å². The average Bonchev–Trinajstić information content (AvgIpc) is 3.04. The Bertz CT molecular complexity index is 918. The molecular formula is C13H10N3NaO5S2. The number of nitrogens with zero attached hydrogens (tertiary/aromatic N) is 3. The summed E-state index contributed by atoms with van der Waals surface area (Å²) in [5, 5.41) is 16.2. The summed E-state index contributed by atoms with van der Waals surface area (Å²) < 4.78 is 24.9. The number of aromatic nitrogens is 2. The maximum atomic E-state index is 12.1. The molecule has 0 bridgehead atoms. The molecular weight excluding hydrogens is 365 g/mol. The number of rotatable bonds is 2. The number of amides is 1. The molecule has 11 heteroatoms. The standard InChI is InChI=1S/C13H11N3O5S2.Na/c17-11-9(12-16(11)10(5-22-12)13(18)19)4-7-3-8-6-23(20,21)2-1-15(8)14-7;/h3-5,12H,1-2,6H2,(H,18,19);/q;+1/p-1/b9-4-;. The second-order valence-corrected chi connectivity index (χ2v) is 8.57. The maximum Gasteiger partial charge on any atom is 1.00 e. The predicted octanol–water partition coefficient (Wildman–Crippen LogP) is -4.29. The van der Waals surface area contributed by atoms with Gasteiger partial charge in [-0.3, -0.25) is 14.4 Å². The Hall–Kier alpha value is -1.07. The smallest absolute Gasteiger partial charge is 0.543 e. The van der Waals surface area contributed by atoms with Crippen molar-refractivity contribution in [3.63, 3.8) is 0 Å². The van der Waals surface area contributed by atoms with Gasteiger partial charge in [-0.05, 0) is 17.6 Å². The van der Waals surface area contributed by atoms with Crippen LogP contribution in [0.15, 0.2) is 22.7 Å². The van der Waals surface area contributed by atoms with Gasteiger partial charge in [0.1, 0.15) is 5.37 Å². The van der Waals surface area contributed by atoms with Crippen LogP contribution in [0.2, 0.25) is 0 Å². The third-order valence-corrected chi connectivity index (χ3v) is 6.53. The summed E-state index contributed by atoms with van der Waals surface area (Å²) in [6, 6.07) is 1.65. The van der Waals surface area contributed by atoms with Crippen molar-refractivity contribution < 1.29 is 52.7 Å². The van der Waals surface area contributed by atoms with Gasteiger partial charge in [0.25, 0.3) is 5.91 Å². The van der Waals surface area contributed by atoms with Crippen LogP contribution in [0.4, 0.5) is 0 Å². The van der Waals surface area contributed by atoms with E-state index in [4.69, 9.17) is 0 Å². The Balaban J connectivity index is 0.00000169. The monoisotopic (exact) mass is 375 g/mol. The molecule has 1 saturated heterocycles. The first-order chi connectivity index (χ1) is 10.9. The first-order valence-electron chi connectivity index (χ1n) is 6.75. The number of carbonyl (C=O) groups excluding carboxylic acids is 2. The van der Waals surface area contributed by atoms with Gasteiger partial charge in [0, 0.05) is 0 Å². The zero-order valence-electron chi connectivity index (χ0n) is 12.6. The first kappa shape index (κ1) is 17.7. The molecule has 3 aliphatic rings. The molecule has 0 N–H and O–H groups in total. The van der Waals surface area contributed by atoms with Gasteiger partial charge in [-0.25, -0.2) is 8.42 Å². The molecule has 0 aromatic carbocycles. The van der Waals surface area contributed by atoms with Gasteiger partial charge >= 0.3 is 29.6 Å². The van der Waals surface area contributed by atoms with Crippen molar-refractivity contribution >= 4 is 39.6 Å². The van der Waals surface area contributed by atoms with Crippen molar-refractivity contribution in [2.75, 3.05) is 5.75 Å². The molecule has 1 aromatic heterocycles. The van der Waals surface area contributed by atoms with Gasteiger partial charge in [-0.15, -0.1) is 11.8 Å². The van der Waals surface area contributed by atoms with Crippen LogP contribution in [0.3, 0.4) is 0 Å². The van der Waals surface area contributed by atoms with Crippen molar-refractivity contribution in [3.05, 3.63) is 34.1 Å². The molecule has 8 nitrogen and oxygen atoms in total. The molecule has 0 aliphatic carbocycles. The molecule has 3 aliphatic heterocycles. The van der Waals surface area contributed by atoms with Gasteiger partial charge in [0.2, 0.25) is 0 Å². The van der Waals surface area contributed by atoms with E-state index in [9.17, 15) is 23.1 Å². The zero-order valence-corrected chi connectivity index (χ0v) is 16.3. The summed E-state index contributed by atoms with van der Waals surface area (Å²) in [6.07, 6.45) is 1.58. The van der Waals surface area contributed by atoms with Gasteiger partial charge in [-0.2, -0.15) is 5.10 Å². The van der Waals surface area contributed by atoms with Crippen LogP contribution < -0.4 is 34.7 Å². The van der Waals surface area contributed by atoms with E-state index in [1.54, 1.807) is 16.8 Å². The summed E-state index contributed by atoms with van der Waals surface area (Å²) in [6.45, 7) is 0.301. The van der Waals surface area contributed by atoms with Gasteiger partial charge in [-0.1, -0.05) is 0 Å². The molecule has 1 unspecified atom stereocenters. The van der Waals surface area contributed by atoms with Crippen LogP contribution in [-0.4, -0.2) is 46.1 Å². The molecule has 120 valence electrons. The fraction of sp³-hybridized carbons (Fsp3) is 0.308. The number of fused-ring (bicyclic) bond motifs is 2. The number of hydrogen-bond acceptors (Lipinski definition) is 7. The van der Waals surface area contributed by atoms with Crippen LogP contribution >= 0.6 is 11.8 Å². The summed E-state index contributed by atoms with van der Waals surface area (Å²) in [7, 11) is -3.09. The minimum absolute atomic E-state index is 0. The largest absolute Gasteiger partial charge is 1.00 e. The van der Waals surface area contributed by atoms with Gasteiger partial charge < -0.3 is 9.90 Å². The Kier molecular flexibility index (Phi) is 4.45. The molecule has 1 aromatic rings. The third-order valence-electron chi connectivity index (χ3n) is 3.91. The quantitative estimate of drug-likeness (QED) is 0.292. The van der Waals surface area contributed by atoms with Crippen molar-refractivity contribution in [1.29, 1.82) is 0 Å². The number of β-lactam (4-membered cyclic amide) rings is 1. The van der Waals surface area contributed by atoms with E-state index >= 15 is 0 Å². The van der Waals surface area contributed by atoms with E-state index in [0.717, 1.165) is 0 Å². The van der Waals surface area contributed by atoms with Crippen molar-refractivity contribution in [2.45, 2.75) is 17.7 Å². The molecule has 0 radical (unpaired) electrons. The zero-order chi connectivity index (χ0) is 16.4. The van der Waals surface area contributed by atoms with Crippen LogP contribution in [0, 0.1) is 0 Å². The number of aliphatic carboxylic acids is 1. The Labute approximate surface area is 163 Å². The van der Waals surface area contributed by atoms with E-state index in [1.807, 2.05) is 0 Å². The topological polar surface area (TPSA) is 112 Å². The molecule has 4 heterocycles.